The Hall–Kier alpha value is -3.62. The highest BCUT2D eigenvalue weighted by molar-refractivity contribution is 6.04. The van der Waals surface area contributed by atoms with E-state index in [1.807, 2.05) is 6.07 Å². The average Bonchev–Trinajstić information content (AvgIpc) is 2.67. The van der Waals surface area contributed by atoms with E-state index in [0.717, 1.165) is 7.11 Å². The van der Waals surface area contributed by atoms with E-state index in [9.17, 15) is 18.0 Å². The topological polar surface area (TPSA) is 73.3 Å². The van der Waals surface area contributed by atoms with Crippen molar-refractivity contribution in [2.24, 2.45) is 0 Å². The van der Waals surface area contributed by atoms with Crippen LogP contribution in [-0.2, 0) is 0 Å². The quantitative estimate of drug-likeness (QED) is 0.684. The molecule has 9 heteroatoms. The van der Waals surface area contributed by atoms with Gasteiger partial charge in [-0.05, 0) is 18.2 Å². The fourth-order valence-electron chi connectivity index (χ4n) is 2.15. The molecule has 27 heavy (non-hydrogen) atoms. The third-order valence-electron chi connectivity index (χ3n) is 3.40. The molecule has 1 heterocycles. The Morgan fingerprint density at radius 1 is 1.04 bits per heavy atom. The Morgan fingerprint density at radius 3 is 2.33 bits per heavy atom. The van der Waals surface area contributed by atoms with Crippen LogP contribution in [0.2, 0.25) is 0 Å². The summed E-state index contributed by atoms with van der Waals surface area (Å²) in [5, 5.41) is 2.28. The van der Waals surface area contributed by atoms with E-state index in [4.69, 9.17) is 4.74 Å². The zero-order chi connectivity index (χ0) is 19.4. The summed E-state index contributed by atoms with van der Waals surface area (Å²) in [5.41, 5.74) is -0.626. The normalized spacial score (nSPS) is 10.4. The van der Waals surface area contributed by atoms with E-state index in [0.29, 0.717) is 11.8 Å². The Morgan fingerprint density at radius 2 is 1.70 bits per heavy atom. The molecular formula is C18H12F3N3O3. The molecule has 1 amide bonds. The molecule has 6 nitrogen and oxygen atoms in total. The molecular weight excluding hydrogens is 363 g/mol. The van der Waals surface area contributed by atoms with Gasteiger partial charge in [0.25, 0.3) is 5.91 Å². The molecule has 0 unspecified atom stereocenters. The molecule has 1 aromatic heterocycles. The van der Waals surface area contributed by atoms with Gasteiger partial charge in [-0.25, -0.2) is 18.7 Å². The van der Waals surface area contributed by atoms with Crippen LogP contribution in [0.1, 0.15) is 10.4 Å². The lowest BCUT2D eigenvalue weighted by molar-refractivity contribution is 0.102. The first-order chi connectivity index (χ1) is 13.0. The zero-order valence-corrected chi connectivity index (χ0v) is 13.9. The van der Waals surface area contributed by atoms with Gasteiger partial charge >= 0.3 is 6.01 Å². The van der Waals surface area contributed by atoms with Crippen molar-refractivity contribution in [1.82, 2.24) is 9.97 Å². The van der Waals surface area contributed by atoms with Gasteiger partial charge in [0.15, 0.2) is 17.4 Å². The number of halogens is 3. The maximum absolute atomic E-state index is 14.1. The molecule has 0 bridgehead atoms. The Bertz CT molecular complexity index is 967. The van der Waals surface area contributed by atoms with E-state index in [2.05, 4.69) is 20.0 Å². The van der Waals surface area contributed by atoms with Crippen molar-refractivity contribution in [3.05, 3.63) is 71.8 Å². The van der Waals surface area contributed by atoms with Crippen LogP contribution in [0.4, 0.5) is 18.9 Å². The lowest BCUT2D eigenvalue weighted by Crippen LogP contribution is -2.16. The zero-order valence-electron chi connectivity index (χ0n) is 13.9. The molecule has 0 spiro atoms. The Labute approximate surface area is 151 Å². The molecule has 3 rings (SSSR count). The molecule has 0 saturated heterocycles. The van der Waals surface area contributed by atoms with Gasteiger partial charge in [0.05, 0.1) is 30.8 Å². The smallest absolute Gasteiger partial charge is 0.322 e. The Balaban J connectivity index is 1.76. The summed E-state index contributed by atoms with van der Waals surface area (Å²) in [6.07, 6.45) is 2.44. The molecule has 0 aliphatic carbocycles. The van der Waals surface area contributed by atoms with Crippen molar-refractivity contribution in [1.29, 1.82) is 0 Å². The number of methoxy groups -OCH3 is 1. The summed E-state index contributed by atoms with van der Waals surface area (Å²) in [5.74, 6) is -5.74. The number of nitrogens with one attached hydrogen (secondary N) is 1. The minimum atomic E-state index is -1.52. The van der Waals surface area contributed by atoms with Gasteiger partial charge in [-0.15, -0.1) is 0 Å². The number of carbonyl (C=O) groups excluding carboxylic acids is 1. The van der Waals surface area contributed by atoms with Gasteiger partial charge in [0.2, 0.25) is 5.82 Å². The molecule has 0 aliphatic heterocycles. The molecule has 0 saturated carbocycles. The van der Waals surface area contributed by atoms with Crippen LogP contribution in [-0.4, -0.2) is 23.0 Å². The van der Waals surface area contributed by atoms with E-state index < -0.39 is 34.7 Å². The summed E-state index contributed by atoms with van der Waals surface area (Å²) in [6, 6.07) is 9.24. The van der Waals surface area contributed by atoms with Crippen LogP contribution in [0.3, 0.4) is 0 Å². The van der Waals surface area contributed by atoms with Crippen LogP contribution < -0.4 is 14.8 Å². The molecule has 0 aliphatic rings. The second kappa shape index (κ2) is 7.73. The summed E-state index contributed by atoms with van der Waals surface area (Å²) in [4.78, 5) is 20.0. The molecule has 0 fully saturated rings. The number of ether oxygens (including phenoxy) is 2. The first-order valence-corrected chi connectivity index (χ1v) is 7.57. The minimum absolute atomic E-state index is 0.0277. The van der Waals surface area contributed by atoms with E-state index in [-0.39, 0.29) is 11.7 Å². The number of nitrogens with zero attached hydrogens (tertiary/aromatic N) is 2. The molecule has 0 atom stereocenters. The van der Waals surface area contributed by atoms with Crippen molar-refractivity contribution in [3.63, 3.8) is 0 Å². The predicted octanol–water partition coefficient (Wildman–Crippen LogP) is 3.95. The maximum Gasteiger partial charge on any atom is 0.322 e. The molecule has 1 N–H and O–H groups in total. The molecule has 138 valence electrons. The molecule has 2 aromatic carbocycles. The summed E-state index contributed by atoms with van der Waals surface area (Å²) in [7, 11) is 0.960. The minimum Gasteiger partial charge on any atom is -0.491 e. The van der Waals surface area contributed by atoms with Crippen molar-refractivity contribution < 1.29 is 27.4 Å². The summed E-state index contributed by atoms with van der Waals surface area (Å²) in [6.45, 7) is 0. The van der Waals surface area contributed by atoms with Crippen LogP contribution in [0.15, 0.2) is 48.8 Å². The molecule has 3 aromatic rings. The van der Waals surface area contributed by atoms with Crippen LogP contribution >= 0.6 is 0 Å². The third-order valence-corrected chi connectivity index (χ3v) is 3.40. The number of carbonyl (C=O) groups is 1. The second-order valence-electron chi connectivity index (χ2n) is 5.19. The highest BCUT2D eigenvalue weighted by Gasteiger charge is 2.23. The predicted molar refractivity (Wildman–Crippen MR) is 89.4 cm³/mol. The van der Waals surface area contributed by atoms with Crippen molar-refractivity contribution >= 4 is 11.6 Å². The van der Waals surface area contributed by atoms with E-state index in [1.165, 1.54) is 12.4 Å². The maximum atomic E-state index is 14.1. The van der Waals surface area contributed by atoms with Crippen LogP contribution in [0.25, 0.3) is 0 Å². The summed E-state index contributed by atoms with van der Waals surface area (Å²) < 4.78 is 51.0. The van der Waals surface area contributed by atoms with Gasteiger partial charge in [0.1, 0.15) is 5.75 Å². The number of hydrogen-bond acceptors (Lipinski definition) is 5. The number of anilines is 1. The van der Waals surface area contributed by atoms with Crippen molar-refractivity contribution in [2.75, 3.05) is 12.4 Å². The first-order valence-electron chi connectivity index (χ1n) is 7.57. The standard InChI is InChI=1S/C18H12F3N3O3/c1-26-16-14(20)12(7-13(19)15(16)21)17(25)24-10-8-22-18(23-9-10)27-11-5-3-2-4-6-11/h2-9H,1H3,(H,24,25). The number of benzene rings is 2. The lowest BCUT2D eigenvalue weighted by Gasteiger charge is -2.10. The fourth-order valence-corrected chi connectivity index (χ4v) is 2.15. The van der Waals surface area contributed by atoms with Gasteiger partial charge in [-0.2, -0.15) is 4.39 Å². The van der Waals surface area contributed by atoms with Crippen molar-refractivity contribution in [3.8, 4) is 17.5 Å². The lowest BCUT2D eigenvalue weighted by atomic mass is 10.1. The largest absolute Gasteiger partial charge is 0.491 e. The fraction of sp³-hybridized carbons (Fsp3) is 0.0556. The first kappa shape index (κ1) is 18.2. The summed E-state index contributed by atoms with van der Waals surface area (Å²) >= 11 is 0. The number of amides is 1. The van der Waals surface area contributed by atoms with E-state index in [1.54, 1.807) is 24.3 Å². The number of aromatic nitrogens is 2. The Kier molecular flexibility index (Phi) is 5.20. The molecule has 0 radical (unpaired) electrons. The van der Waals surface area contributed by atoms with Gasteiger partial charge < -0.3 is 14.8 Å². The SMILES string of the molecule is COc1c(F)c(F)cc(C(=O)Nc2cnc(Oc3ccccc3)nc2)c1F. The number of para-hydroxylation sites is 1. The van der Waals surface area contributed by atoms with Crippen LogP contribution in [0.5, 0.6) is 17.5 Å². The average molecular weight is 375 g/mol. The van der Waals surface area contributed by atoms with E-state index >= 15 is 0 Å². The third kappa shape index (κ3) is 3.97. The van der Waals surface area contributed by atoms with Crippen LogP contribution in [0, 0.1) is 17.5 Å². The number of hydrogen-bond donors (Lipinski definition) is 1. The highest BCUT2D eigenvalue weighted by Crippen LogP contribution is 2.27. The second-order valence-corrected chi connectivity index (χ2v) is 5.19. The number of rotatable bonds is 5. The van der Waals surface area contributed by atoms with Gasteiger partial charge in [-0.3, -0.25) is 4.79 Å². The van der Waals surface area contributed by atoms with Gasteiger partial charge in [0, 0.05) is 0 Å². The van der Waals surface area contributed by atoms with Crippen molar-refractivity contribution in [2.45, 2.75) is 0 Å². The van der Waals surface area contributed by atoms with Gasteiger partial charge in [-0.1, -0.05) is 18.2 Å². The highest BCUT2D eigenvalue weighted by atomic mass is 19.2. The monoisotopic (exact) mass is 375 g/mol.